The first-order valence-electron chi connectivity index (χ1n) is 11.9. The van der Waals surface area contributed by atoms with E-state index in [1.54, 1.807) is 39.3 Å². The quantitative estimate of drug-likeness (QED) is 0.363. The highest BCUT2D eigenvalue weighted by Crippen LogP contribution is 2.27. The minimum absolute atomic E-state index is 0.197. The molecule has 1 aliphatic rings. The lowest BCUT2D eigenvalue weighted by atomic mass is 9.96. The van der Waals surface area contributed by atoms with Crippen LogP contribution in [-0.4, -0.2) is 64.9 Å². The molecule has 3 aromatic rings. The molecule has 0 radical (unpaired) electrons. The van der Waals surface area contributed by atoms with E-state index in [4.69, 9.17) is 21.1 Å². The van der Waals surface area contributed by atoms with Gasteiger partial charge >= 0.3 is 0 Å². The lowest BCUT2D eigenvalue weighted by Crippen LogP contribution is -2.50. The molecule has 1 saturated heterocycles. The van der Waals surface area contributed by atoms with Crippen molar-refractivity contribution in [3.8, 4) is 17.2 Å². The van der Waals surface area contributed by atoms with Gasteiger partial charge in [-0.05, 0) is 84.1 Å². The van der Waals surface area contributed by atoms with Crippen LogP contribution in [0.25, 0.3) is 5.69 Å². The van der Waals surface area contributed by atoms with Gasteiger partial charge in [-0.2, -0.15) is 0 Å². The van der Waals surface area contributed by atoms with E-state index in [2.05, 4.69) is 31.5 Å². The molecule has 3 atom stereocenters. The van der Waals surface area contributed by atoms with Crippen molar-refractivity contribution in [2.24, 2.45) is 5.92 Å². The number of hydrogen-bond donors (Lipinski definition) is 3. The normalized spacial score (nSPS) is 17.7. The third-order valence-electron chi connectivity index (χ3n) is 6.32. The number of halogens is 1. The largest absolute Gasteiger partial charge is 0.497 e. The fraction of sp³-hybridized carbons (Fsp3) is 0.400. The average molecular weight is 528 g/mol. The van der Waals surface area contributed by atoms with Crippen LogP contribution in [0, 0.1) is 5.92 Å². The first-order chi connectivity index (χ1) is 17.9. The summed E-state index contributed by atoms with van der Waals surface area (Å²) in [7, 11) is 3.24. The summed E-state index contributed by atoms with van der Waals surface area (Å²) in [4.78, 5) is 25.6. The highest BCUT2D eigenvalue weighted by Gasteiger charge is 2.31. The first-order valence-corrected chi connectivity index (χ1v) is 12.3. The monoisotopic (exact) mass is 527 g/mol. The molecule has 3 N–H and O–H groups in total. The second-order valence-corrected chi connectivity index (χ2v) is 9.40. The van der Waals surface area contributed by atoms with E-state index in [9.17, 15) is 9.59 Å². The lowest BCUT2D eigenvalue weighted by molar-refractivity contribution is -0.129. The second-order valence-electron chi connectivity index (χ2n) is 8.96. The van der Waals surface area contributed by atoms with Crippen LogP contribution >= 0.6 is 11.6 Å². The van der Waals surface area contributed by atoms with Gasteiger partial charge in [0.2, 0.25) is 11.8 Å². The van der Waals surface area contributed by atoms with Gasteiger partial charge in [0.1, 0.15) is 23.9 Å². The maximum atomic E-state index is 12.9. The number of carbonyl (C=O) groups is 2. The van der Waals surface area contributed by atoms with Crippen molar-refractivity contribution in [3.63, 3.8) is 0 Å². The van der Waals surface area contributed by atoms with E-state index < -0.39 is 6.04 Å². The van der Waals surface area contributed by atoms with Crippen LogP contribution in [0.2, 0.25) is 5.02 Å². The van der Waals surface area contributed by atoms with Gasteiger partial charge in [-0.3, -0.25) is 9.59 Å². The van der Waals surface area contributed by atoms with Crippen molar-refractivity contribution in [3.05, 3.63) is 58.9 Å². The summed E-state index contributed by atoms with van der Waals surface area (Å²) in [6.45, 7) is 2.55. The van der Waals surface area contributed by atoms with Crippen molar-refractivity contribution in [1.29, 1.82) is 0 Å². The molecule has 37 heavy (non-hydrogen) atoms. The van der Waals surface area contributed by atoms with Crippen LogP contribution in [0.3, 0.4) is 0 Å². The lowest BCUT2D eigenvalue weighted by Gasteiger charge is -2.18. The summed E-state index contributed by atoms with van der Waals surface area (Å²) in [5.74, 6) is 1.22. The molecule has 1 aliphatic heterocycles. The number of methoxy groups -OCH3 is 2. The van der Waals surface area contributed by atoms with E-state index in [1.165, 1.54) is 11.0 Å². The first kappa shape index (κ1) is 26.4. The summed E-state index contributed by atoms with van der Waals surface area (Å²) in [5.41, 5.74) is 2.52. The molecule has 2 aromatic carbocycles. The van der Waals surface area contributed by atoms with Crippen molar-refractivity contribution in [1.82, 2.24) is 36.2 Å². The fourth-order valence-electron chi connectivity index (χ4n) is 4.39. The Labute approximate surface area is 219 Å². The van der Waals surface area contributed by atoms with Crippen LogP contribution in [-0.2, 0) is 22.6 Å². The maximum absolute atomic E-state index is 12.9. The van der Waals surface area contributed by atoms with E-state index in [0.29, 0.717) is 23.7 Å². The van der Waals surface area contributed by atoms with Gasteiger partial charge in [0.25, 0.3) is 0 Å². The highest BCUT2D eigenvalue weighted by molar-refractivity contribution is 6.30. The highest BCUT2D eigenvalue weighted by atomic mass is 35.5. The second kappa shape index (κ2) is 12.0. The molecular weight excluding hydrogens is 498 g/mol. The molecule has 1 aromatic heterocycles. The van der Waals surface area contributed by atoms with Crippen molar-refractivity contribution >= 4 is 23.4 Å². The average Bonchev–Trinajstić information content (AvgIpc) is 3.59. The number of amides is 2. The fourth-order valence-corrected chi connectivity index (χ4v) is 4.58. The molecule has 4 rings (SSSR count). The molecule has 0 unspecified atom stereocenters. The molecular formula is C25H30ClN7O4. The molecule has 0 bridgehead atoms. The molecule has 0 saturated carbocycles. The van der Waals surface area contributed by atoms with Crippen LogP contribution < -0.4 is 25.4 Å². The number of tetrazole rings is 1. The molecule has 12 heteroatoms. The predicted molar refractivity (Wildman–Crippen MR) is 137 cm³/mol. The third-order valence-corrected chi connectivity index (χ3v) is 6.55. The number of hydrogen-bond acceptors (Lipinski definition) is 8. The maximum Gasteiger partial charge on any atom is 0.242 e. The Balaban J connectivity index is 1.29. The van der Waals surface area contributed by atoms with Crippen LogP contribution in [0.4, 0.5) is 0 Å². The molecule has 2 heterocycles. The van der Waals surface area contributed by atoms with Crippen molar-refractivity contribution in [2.45, 2.75) is 38.4 Å². The van der Waals surface area contributed by atoms with Gasteiger partial charge in [0.15, 0.2) is 0 Å². The van der Waals surface area contributed by atoms with Gasteiger partial charge in [0, 0.05) is 17.6 Å². The number of ether oxygens (including phenoxy) is 2. The van der Waals surface area contributed by atoms with Gasteiger partial charge in [-0.15, -0.1) is 5.10 Å². The Kier molecular flexibility index (Phi) is 8.57. The third kappa shape index (κ3) is 6.75. The summed E-state index contributed by atoms with van der Waals surface area (Å²) >= 11 is 6.14. The Bertz CT molecular complexity index is 1220. The van der Waals surface area contributed by atoms with Crippen LogP contribution in [0.5, 0.6) is 11.5 Å². The van der Waals surface area contributed by atoms with E-state index in [0.717, 1.165) is 29.0 Å². The van der Waals surface area contributed by atoms with Crippen LogP contribution in [0.15, 0.2) is 42.7 Å². The smallest absolute Gasteiger partial charge is 0.242 e. The number of carbonyl (C=O) groups excluding carboxylic acids is 2. The topological polar surface area (TPSA) is 132 Å². The van der Waals surface area contributed by atoms with Crippen molar-refractivity contribution < 1.29 is 19.1 Å². The Hall–Kier alpha value is -3.70. The number of benzene rings is 2. The summed E-state index contributed by atoms with van der Waals surface area (Å²) in [6, 6.07) is 9.94. The summed E-state index contributed by atoms with van der Waals surface area (Å²) in [6.07, 6.45) is 2.91. The number of rotatable bonds is 10. The Morgan fingerprint density at radius 3 is 2.62 bits per heavy atom. The zero-order chi connectivity index (χ0) is 26.4. The number of aromatic nitrogens is 4. The zero-order valence-electron chi connectivity index (χ0n) is 20.9. The molecule has 0 aliphatic carbocycles. The molecule has 1 fully saturated rings. The molecule has 196 valence electrons. The SMILES string of the molecule is COc1cc(C[C@@H]2CN[C@@H](C(=O)N[C@@H](C)C(=O)NCc3cc(Cl)ccc3-n3cnnn3)C2)cc(OC)c1. The van der Waals surface area contributed by atoms with E-state index >= 15 is 0 Å². The summed E-state index contributed by atoms with van der Waals surface area (Å²) in [5, 5.41) is 20.7. The minimum atomic E-state index is -0.716. The van der Waals surface area contributed by atoms with E-state index in [1.807, 2.05) is 18.2 Å². The number of nitrogens with one attached hydrogen (secondary N) is 3. The standard InChI is InChI=1S/C25H30ClN7O4/c1-15(24(34)28-13-18-10-19(26)4-5-23(18)33-14-29-31-32-33)30-25(35)22-9-17(12-27-22)6-16-7-20(36-2)11-21(8-16)37-3/h4-5,7-8,10-11,14-15,17,22,27H,6,9,12-13H2,1-3H3,(H,28,34)(H,30,35)/t15-,17-,22+/m0/s1. The van der Waals surface area contributed by atoms with Gasteiger partial charge in [-0.1, -0.05) is 11.6 Å². The summed E-state index contributed by atoms with van der Waals surface area (Å²) < 4.78 is 12.2. The minimum Gasteiger partial charge on any atom is -0.497 e. The predicted octanol–water partition coefficient (Wildman–Crippen LogP) is 1.67. The van der Waals surface area contributed by atoms with Gasteiger partial charge < -0.3 is 25.4 Å². The van der Waals surface area contributed by atoms with Crippen LogP contribution in [0.1, 0.15) is 24.5 Å². The molecule has 0 spiro atoms. The Morgan fingerprint density at radius 1 is 1.19 bits per heavy atom. The molecule has 11 nitrogen and oxygen atoms in total. The molecule has 2 amide bonds. The Morgan fingerprint density at radius 2 is 1.95 bits per heavy atom. The van der Waals surface area contributed by atoms with E-state index in [-0.39, 0.29) is 30.3 Å². The van der Waals surface area contributed by atoms with Gasteiger partial charge in [-0.25, -0.2) is 4.68 Å². The van der Waals surface area contributed by atoms with Crippen molar-refractivity contribution in [2.75, 3.05) is 20.8 Å². The van der Waals surface area contributed by atoms with Gasteiger partial charge in [0.05, 0.1) is 25.9 Å². The number of nitrogens with zero attached hydrogens (tertiary/aromatic N) is 4. The zero-order valence-corrected chi connectivity index (χ0v) is 21.7.